The molecule has 268 valence electrons. The first-order valence-corrected chi connectivity index (χ1v) is 20.2. The van der Waals surface area contributed by atoms with Gasteiger partial charge in [0.15, 0.2) is 0 Å². The molecule has 1 heterocycles. The second-order valence-corrected chi connectivity index (χ2v) is 15.7. The number of para-hydroxylation sites is 2. The van der Waals surface area contributed by atoms with E-state index < -0.39 is 0 Å². The standard InChI is InChI=1S/C51H39B5N2/c52-45-46(53)48(55)50(49(56)47(45)54)58-42-26-14-13-25-41(42)57-51(58)40-24-12-11-23-39(40)44-37-21-9-7-19-35(37)43(36-20-8-10-22-38(36)44)34-28-32(30-15-3-1-4-16-30)27-33(29-34)31-17-5-2-6-18-31/h1-29H,52-56H2. The number of fused-ring (bicyclic) bond motifs is 3. The molecule has 0 N–H and O–H groups in total. The lowest BCUT2D eigenvalue weighted by Gasteiger charge is -2.24. The second-order valence-electron chi connectivity index (χ2n) is 15.7. The number of hydrogen-bond acceptors (Lipinski definition) is 1. The molecule has 10 rings (SSSR count). The van der Waals surface area contributed by atoms with Gasteiger partial charge in [-0.2, -0.15) is 0 Å². The van der Waals surface area contributed by atoms with Crippen molar-refractivity contribution in [3.8, 4) is 61.6 Å². The highest BCUT2D eigenvalue weighted by Crippen LogP contribution is 2.47. The minimum Gasteiger partial charge on any atom is -0.294 e. The molecule has 0 saturated carbocycles. The highest BCUT2D eigenvalue weighted by Gasteiger charge is 2.24. The van der Waals surface area contributed by atoms with E-state index in [-0.39, 0.29) is 0 Å². The molecule has 0 fully saturated rings. The molecule has 0 aliphatic rings. The average molecular weight is 734 g/mol. The third-order valence-corrected chi connectivity index (χ3v) is 12.5. The quantitative estimate of drug-likeness (QED) is 0.175. The molecule has 58 heavy (non-hydrogen) atoms. The largest absolute Gasteiger partial charge is 0.294 e. The fourth-order valence-electron chi connectivity index (χ4n) is 9.24. The van der Waals surface area contributed by atoms with Crippen LogP contribution in [0.1, 0.15) is 0 Å². The van der Waals surface area contributed by atoms with Crippen LogP contribution in [-0.2, 0) is 0 Å². The van der Waals surface area contributed by atoms with Gasteiger partial charge in [-0.3, -0.25) is 4.57 Å². The van der Waals surface area contributed by atoms with E-state index in [9.17, 15) is 0 Å². The van der Waals surface area contributed by atoms with E-state index in [4.69, 9.17) is 4.98 Å². The molecule has 0 spiro atoms. The molecule has 0 amide bonds. The van der Waals surface area contributed by atoms with Crippen LogP contribution in [-0.4, -0.2) is 48.8 Å². The maximum absolute atomic E-state index is 5.47. The second kappa shape index (κ2) is 14.3. The number of benzene rings is 9. The van der Waals surface area contributed by atoms with Gasteiger partial charge in [0, 0.05) is 11.3 Å². The lowest BCUT2D eigenvalue weighted by atomic mass is 9.61. The summed E-state index contributed by atoms with van der Waals surface area (Å²) in [7, 11) is 11.3. The van der Waals surface area contributed by atoms with Gasteiger partial charge < -0.3 is 0 Å². The summed E-state index contributed by atoms with van der Waals surface area (Å²) in [5.74, 6) is 0.950. The molecule has 7 heteroatoms. The van der Waals surface area contributed by atoms with Crippen molar-refractivity contribution in [2.24, 2.45) is 0 Å². The average Bonchev–Trinajstić information content (AvgIpc) is 3.66. The molecule has 0 aliphatic carbocycles. The van der Waals surface area contributed by atoms with Crippen molar-refractivity contribution >= 4 is 99.1 Å². The Kier molecular flexibility index (Phi) is 8.83. The zero-order valence-electron chi connectivity index (χ0n) is 33.6. The molecule has 0 unspecified atom stereocenters. The highest BCUT2D eigenvalue weighted by molar-refractivity contribution is 6.68. The SMILES string of the molecule is Bc1c(B)c(B)c(-n2c(-c3ccccc3-c3c4ccccc4c(-c4cc(-c5ccccc5)cc(-c5ccccc5)c4)c4ccccc34)nc3ccccc32)c(B)c1B. The summed E-state index contributed by atoms with van der Waals surface area (Å²) in [6.07, 6.45) is 0. The van der Waals surface area contributed by atoms with Gasteiger partial charge in [-0.15, -0.1) is 5.46 Å². The van der Waals surface area contributed by atoms with Crippen molar-refractivity contribution < 1.29 is 0 Å². The number of aromatic nitrogens is 2. The topological polar surface area (TPSA) is 17.8 Å². The van der Waals surface area contributed by atoms with Crippen molar-refractivity contribution in [2.45, 2.75) is 0 Å². The van der Waals surface area contributed by atoms with Crippen molar-refractivity contribution in [2.75, 3.05) is 0 Å². The van der Waals surface area contributed by atoms with Crippen molar-refractivity contribution in [3.63, 3.8) is 0 Å². The first kappa shape index (κ1) is 35.7. The number of rotatable bonds is 6. The molecular formula is C51H39B5N2. The monoisotopic (exact) mass is 734 g/mol. The van der Waals surface area contributed by atoms with Crippen LogP contribution in [0.2, 0.25) is 0 Å². The Bertz CT molecular complexity index is 3080. The molecule has 0 aliphatic heterocycles. The number of nitrogens with zero attached hydrogens (tertiary/aromatic N) is 2. The van der Waals surface area contributed by atoms with Crippen LogP contribution in [0.5, 0.6) is 0 Å². The van der Waals surface area contributed by atoms with Gasteiger partial charge in [-0.1, -0.05) is 167 Å². The lowest BCUT2D eigenvalue weighted by Crippen LogP contribution is -2.56. The molecule has 0 atom stereocenters. The molecule has 0 bridgehead atoms. The first-order chi connectivity index (χ1) is 28.4. The van der Waals surface area contributed by atoms with Crippen molar-refractivity contribution in [1.29, 1.82) is 0 Å². The maximum Gasteiger partial charge on any atom is 0.146 e. The molecule has 1 aromatic heterocycles. The highest BCUT2D eigenvalue weighted by atomic mass is 15.1. The van der Waals surface area contributed by atoms with Crippen LogP contribution in [0.25, 0.3) is 94.2 Å². The molecule has 10 aromatic rings. The molecule has 9 aromatic carbocycles. The van der Waals surface area contributed by atoms with Gasteiger partial charge in [0.2, 0.25) is 0 Å². The Hall–Kier alpha value is -6.71. The van der Waals surface area contributed by atoms with Gasteiger partial charge in [-0.25, -0.2) is 4.98 Å². The van der Waals surface area contributed by atoms with Crippen LogP contribution < -0.4 is 27.3 Å². The lowest BCUT2D eigenvalue weighted by molar-refractivity contribution is 1.12. The summed E-state index contributed by atoms with van der Waals surface area (Å²) in [6.45, 7) is 0. The molecule has 0 radical (unpaired) electrons. The molecule has 0 saturated heterocycles. The summed E-state index contributed by atoms with van der Waals surface area (Å²) in [4.78, 5) is 5.47. The van der Waals surface area contributed by atoms with Gasteiger partial charge in [0.05, 0.1) is 11.0 Å². The van der Waals surface area contributed by atoms with Gasteiger partial charge >= 0.3 is 0 Å². The Labute approximate surface area is 344 Å². The first-order valence-electron chi connectivity index (χ1n) is 20.2. The third kappa shape index (κ3) is 5.76. The predicted octanol–water partition coefficient (Wildman–Crippen LogP) is 4.96. The molecular weight excluding hydrogens is 695 g/mol. The summed E-state index contributed by atoms with van der Waals surface area (Å²) >= 11 is 0. The third-order valence-electron chi connectivity index (χ3n) is 12.5. The van der Waals surface area contributed by atoms with E-state index in [2.05, 4.69) is 220 Å². The minimum atomic E-state index is 0.950. The van der Waals surface area contributed by atoms with E-state index in [1.807, 2.05) is 0 Å². The summed E-state index contributed by atoms with van der Waals surface area (Å²) in [6, 6.07) is 64.0. The fraction of sp³-hybridized carbons (Fsp3) is 0. The van der Waals surface area contributed by atoms with Gasteiger partial charge in [0.1, 0.15) is 45.1 Å². The van der Waals surface area contributed by atoms with E-state index >= 15 is 0 Å². The van der Waals surface area contributed by atoms with Crippen LogP contribution in [0.3, 0.4) is 0 Å². The zero-order valence-corrected chi connectivity index (χ0v) is 33.6. The fourth-order valence-corrected chi connectivity index (χ4v) is 9.24. The normalized spacial score (nSPS) is 11.4. The number of imidazole rings is 1. The van der Waals surface area contributed by atoms with Gasteiger partial charge in [0.25, 0.3) is 0 Å². The van der Waals surface area contributed by atoms with Crippen LogP contribution >= 0.6 is 0 Å². The summed E-state index contributed by atoms with van der Waals surface area (Å²) < 4.78 is 2.43. The van der Waals surface area contributed by atoms with E-state index in [0.717, 1.165) is 28.0 Å². The van der Waals surface area contributed by atoms with E-state index in [0.29, 0.717) is 0 Å². The van der Waals surface area contributed by atoms with Crippen molar-refractivity contribution in [1.82, 2.24) is 9.55 Å². The predicted molar refractivity (Wildman–Crippen MR) is 264 cm³/mol. The van der Waals surface area contributed by atoms with Crippen LogP contribution in [0.4, 0.5) is 0 Å². The van der Waals surface area contributed by atoms with Crippen molar-refractivity contribution in [3.05, 3.63) is 176 Å². The van der Waals surface area contributed by atoms with Crippen LogP contribution in [0.15, 0.2) is 176 Å². The van der Waals surface area contributed by atoms with Gasteiger partial charge in [-0.05, 0) is 96.4 Å². The Morgan fingerprint density at radius 2 is 0.759 bits per heavy atom. The number of hydrogen-bond donors (Lipinski definition) is 0. The Morgan fingerprint density at radius 1 is 0.345 bits per heavy atom. The van der Waals surface area contributed by atoms with Crippen LogP contribution in [0, 0.1) is 0 Å². The summed E-state index contributed by atoms with van der Waals surface area (Å²) in [5, 5.41) is 4.87. The van der Waals surface area contributed by atoms with E-state index in [1.54, 1.807) is 0 Å². The van der Waals surface area contributed by atoms with E-state index in [1.165, 1.54) is 93.5 Å². The Morgan fingerprint density at radius 3 is 1.31 bits per heavy atom. The summed E-state index contributed by atoms with van der Waals surface area (Å²) in [5.41, 5.74) is 20.6. The maximum atomic E-state index is 5.47. The smallest absolute Gasteiger partial charge is 0.146 e. The Balaban J connectivity index is 1.28. The zero-order chi connectivity index (χ0) is 39.5. The minimum absolute atomic E-state index is 0.950. The molecule has 2 nitrogen and oxygen atoms in total.